The number of hydrogen-bond donors (Lipinski definition) is 1. The fourth-order valence-electron chi connectivity index (χ4n) is 4.14. The third kappa shape index (κ3) is 6.29. The summed E-state index contributed by atoms with van der Waals surface area (Å²) in [5, 5.41) is 6.23. The first-order chi connectivity index (χ1) is 17.1. The lowest BCUT2D eigenvalue weighted by atomic mass is 9.96. The summed E-state index contributed by atoms with van der Waals surface area (Å²) in [5.41, 5.74) is 2.10. The van der Waals surface area contributed by atoms with Crippen LogP contribution in [0.15, 0.2) is 35.7 Å². The molecule has 2 atom stereocenters. The van der Waals surface area contributed by atoms with Crippen LogP contribution in [0.2, 0.25) is 0 Å². The van der Waals surface area contributed by atoms with Crippen molar-refractivity contribution in [3.05, 3.63) is 52.0 Å². The lowest BCUT2D eigenvalue weighted by molar-refractivity contribution is -0.120. The van der Waals surface area contributed by atoms with Crippen LogP contribution in [0.3, 0.4) is 0 Å². The van der Waals surface area contributed by atoms with Gasteiger partial charge >= 0.3 is 6.09 Å². The largest absolute Gasteiger partial charge is 0.444 e. The maximum absolute atomic E-state index is 13.4. The molecule has 3 heterocycles. The number of anilines is 1. The van der Waals surface area contributed by atoms with Crippen LogP contribution in [0.25, 0.3) is 10.6 Å². The fourth-order valence-corrected chi connectivity index (χ4v) is 5.88. The van der Waals surface area contributed by atoms with Crippen molar-refractivity contribution in [2.45, 2.75) is 65.2 Å². The van der Waals surface area contributed by atoms with Crippen LogP contribution in [-0.2, 0) is 20.9 Å². The van der Waals surface area contributed by atoms with E-state index in [4.69, 9.17) is 9.47 Å². The monoisotopic (exact) mass is 528 g/mol. The number of likely N-dealkylation sites (tertiary alicyclic amines) is 1. The summed E-state index contributed by atoms with van der Waals surface area (Å²) in [5.74, 6) is -0.219. The number of thiazole rings is 2. The van der Waals surface area contributed by atoms with Crippen molar-refractivity contribution in [2.24, 2.45) is 0 Å². The molecule has 0 bridgehead atoms. The molecule has 0 radical (unpaired) electrons. The van der Waals surface area contributed by atoms with Crippen LogP contribution >= 0.6 is 22.7 Å². The molecule has 1 saturated heterocycles. The highest BCUT2D eigenvalue weighted by molar-refractivity contribution is 7.17. The van der Waals surface area contributed by atoms with Crippen molar-refractivity contribution in [1.29, 1.82) is 0 Å². The number of carbonyl (C=O) groups excluding carboxylic acids is 2. The number of carbonyl (C=O) groups is 2. The van der Waals surface area contributed by atoms with Crippen LogP contribution < -0.4 is 5.32 Å². The molecule has 8 nitrogen and oxygen atoms in total. The third-order valence-corrected chi connectivity index (χ3v) is 7.65. The van der Waals surface area contributed by atoms with Gasteiger partial charge in [-0.15, -0.1) is 22.7 Å². The SMILES string of the molecule is CCOCc1nc(C)c(-c2csc(NC(=O)[C@@H]3C[C@@H](c4ccccc4)CN3C(=O)OC(C)(C)C)n2)s1. The number of aryl methyl sites for hydroxylation is 1. The second kappa shape index (κ2) is 11.1. The topological polar surface area (TPSA) is 93.7 Å². The first-order valence-electron chi connectivity index (χ1n) is 12.0. The van der Waals surface area contributed by atoms with E-state index in [9.17, 15) is 9.59 Å². The van der Waals surface area contributed by atoms with Crippen LogP contribution in [0.1, 0.15) is 56.3 Å². The molecule has 2 aromatic heterocycles. The van der Waals surface area contributed by atoms with Crippen LogP contribution in [0.4, 0.5) is 9.93 Å². The first kappa shape index (κ1) is 26.2. The van der Waals surface area contributed by atoms with Crippen molar-refractivity contribution < 1.29 is 19.1 Å². The molecule has 1 aliphatic rings. The minimum atomic E-state index is -0.652. The molecular formula is C26H32N4O4S2. The maximum Gasteiger partial charge on any atom is 0.410 e. The van der Waals surface area contributed by atoms with E-state index >= 15 is 0 Å². The van der Waals surface area contributed by atoms with Gasteiger partial charge in [-0.25, -0.2) is 14.8 Å². The summed E-state index contributed by atoms with van der Waals surface area (Å²) in [6.07, 6.45) is 0.0326. The summed E-state index contributed by atoms with van der Waals surface area (Å²) in [6.45, 7) is 10.9. The highest BCUT2D eigenvalue weighted by Gasteiger charge is 2.42. The van der Waals surface area contributed by atoms with E-state index in [1.165, 1.54) is 11.3 Å². The number of hydrogen-bond acceptors (Lipinski definition) is 8. The van der Waals surface area contributed by atoms with Gasteiger partial charge in [0.15, 0.2) is 5.13 Å². The average molecular weight is 529 g/mol. The molecule has 36 heavy (non-hydrogen) atoms. The van der Waals surface area contributed by atoms with Gasteiger partial charge in [-0.1, -0.05) is 30.3 Å². The van der Waals surface area contributed by atoms with Crippen molar-refractivity contribution in [2.75, 3.05) is 18.5 Å². The Bertz CT molecular complexity index is 1200. The molecule has 2 amide bonds. The van der Waals surface area contributed by atoms with Gasteiger partial charge in [0, 0.05) is 24.4 Å². The molecule has 3 aromatic rings. The van der Waals surface area contributed by atoms with Crippen molar-refractivity contribution >= 4 is 39.8 Å². The smallest absolute Gasteiger partial charge is 0.410 e. The lowest BCUT2D eigenvalue weighted by Crippen LogP contribution is -2.45. The zero-order valence-corrected chi connectivity index (χ0v) is 22.9. The van der Waals surface area contributed by atoms with Crippen molar-refractivity contribution in [3.63, 3.8) is 0 Å². The minimum absolute atomic E-state index is 0.0462. The molecule has 10 heteroatoms. The minimum Gasteiger partial charge on any atom is -0.444 e. The van der Waals surface area contributed by atoms with E-state index in [0.29, 0.717) is 31.3 Å². The quantitative estimate of drug-likeness (QED) is 0.414. The van der Waals surface area contributed by atoms with E-state index < -0.39 is 17.7 Å². The molecular weight excluding hydrogens is 496 g/mol. The zero-order chi connectivity index (χ0) is 25.9. The number of ether oxygens (including phenoxy) is 2. The Morgan fingerprint density at radius 3 is 2.64 bits per heavy atom. The Hall–Kier alpha value is -2.82. The first-order valence-corrected chi connectivity index (χ1v) is 13.7. The number of aromatic nitrogens is 2. The Morgan fingerprint density at radius 1 is 1.19 bits per heavy atom. The Labute approximate surface area is 219 Å². The lowest BCUT2D eigenvalue weighted by Gasteiger charge is -2.27. The molecule has 4 rings (SSSR count). The Morgan fingerprint density at radius 2 is 1.94 bits per heavy atom. The van der Waals surface area contributed by atoms with Gasteiger partial charge in [0.2, 0.25) is 5.91 Å². The summed E-state index contributed by atoms with van der Waals surface area (Å²) < 4.78 is 11.1. The number of amides is 2. The molecule has 192 valence electrons. The molecule has 1 fully saturated rings. The predicted octanol–water partition coefficient (Wildman–Crippen LogP) is 5.84. The second-order valence-electron chi connectivity index (χ2n) is 9.68. The highest BCUT2D eigenvalue weighted by Crippen LogP contribution is 2.35. The zero-order valence-electron chi connectivity index (χ0n) is 21.2. The molecule has 0 unspecified atom stereocenters. The molecule has 0 saturated carbocycles. The summed E-state index contributed by atoms with van der Waals surface area (Å²) in [6, 6.07) is 9.31. The number of nitrogens with zero attached hydrogens (tertiary/aromatic N) is 3. The van der Waals surface area contributed by atoms with Crippen LogP contribution in [0.5, 0.6) is 0 Å². The summed E-state index contributed by atoms with van der Waals surface area (Å²) in [7, 11) is 0. The van der Waals surface area contributed by atoms with E-state index in [1.807, 2.05) is 70.3 Å². The maximum atomic E-state index is 13.4. The van der Waals surface area contributed by atoms with Gasteiger partial charge in [-0.05, 0) is 46.6 Å². The van der Waals surface area contributed by atoms with Crippen molar-refractivity contribution in [3.8, 4) is 10.6 Å². The average Bonchev–Trinajstić information content (AvgIpc) is 3.55. The highest BCUT2D eigenvalue weighted by atomic mass is 32.1. The van der Waals surface area contributed by atoms with Gasteiger partial charge in [0.25, 0.3) is 0 Å². The molecule has 1 aromatic carbocycles. The molecule has 0 spiro atoms. The van der Waals surface area contributed by atoms with E-state index in [1.54, 1.807) is 16.2 Å². The van der Waals surface area contributed by atoms with E-state index in [0.717, 1.165) is 26.8 Å². The summed E-state index contributed by atoms with van der Waals surface area (Å²) in [4.78, 5) is 38.1. The van der Waals surface area contributed by atoms with Crippen LogP contribution in [0, 0.1) is 6.92 Å². The van der Waals surface area contributed by atoms with E-state index in [2.05, 4.69) is 15.3 Å². The molecule has 1 N–H and O–H groups in total. The predicted molar refractivity (Wildman–Crippen MR) is 142 cm³/mol. The normalized spacial score (nSPS) is 17.9. The number of benzene rings is 1. The van der Waals surface area contributed by atoms with Gasteiger partial charge in [0.05, 0.1) is 22.9 Å². The van der Waals surface area contributed by atoms with Gasteiger partial charge < -0.3 is 14.8 Å². The fraction of sp³-hybridized carbons (Fsp3) is 0.462. The van der Waals surface area contributed by atoms with Crippen molar-refractivity contribution in [1.82, 2.24) is 14.9 Å². The third-order valence-electron chi connectivity index (χ3n) is 5.74. The second-order valence-corrected chi connectivity index (χ2v) is 11.6. The molecule has 1 aliphatic heterocycles. The Kier molecular flexibility index (Phi) is 8.07. The standard InChI is InChI=1S/C26H32N4O4S2/c1-6-33-14-21-27-16(2)22(36-21)19-15-35-24(28-19)29-23(31)20-12-18(17-10-8-7-9-11-17)13-30(20)25(32)34-26(3,4)5/h7-11,15,18,20H,6,12-14H2,1-5H3,(H,28,29,31)/t18-,20+/m1/s1. The number of nitrogens with one attached hydrogen (secondary N) is 1. The van der Waals surface area contributed by atoms with E-state index in [-0.39, 0.29) is 11.8 Å². The van der Waals surface area contributed by atoms with Gasteiger partial charge in [-0.3, -0.25) is 9.69 Å². The van der Waals surface area contributed by atoms with Gasteiger partial charge in [-0.2, -0.15) is 0 Å². The van der Waals surface area contributed by atoms with Gasteiger partial charge in [0.1, 0.15) is 16.7 Å². The summed E-state index contributed by atoms with van der Waals surface area (Å²) >= 11 is 2.90. The number of rotatable bonds is 7. The molecule has 0 aliphatic carbocycles. The van der Waals surface area contributed by atoms with Crippen LogP contribution in [-0.4, -0.2) is 51.7 Å². The Balaban J connectivity index is 1.50.